The summed E-state index contributed by atoms with van der Waals surface area (Å²) >= 11 is 0. The van der Waals surface area contributed by atoms with Crippen LogP contribution in [0.5, 0.6) is 5.75 Å². The van der Waals surface area contributed by atoms with Gasteiger partial charge in [-0.2, -0.15) is 0 Å². The van der Waals surface area contributed by atoms with Gasteiger partial charge in [0.05, 0.1) is 18.8 Å². The Bertz CT molecular complexity index is 390. The first-order valence-electron chi connectivity index (χ1n) is 6.53. The summed E-state index contributed by atoms with van der Waals surface area (Å²) in [4.78, 5) is 13.5. The van der Waals surface area contributed by atoms with Crippen LogP contribution in [-0.2, 0) is 4.79 Å². The van der Waals surface area contributed by atoms with Gasteiger partial charge in [-0.1, -0.05) is 18.2 Å². The molecule has 0 aliphatic heterocycles. The standard InChI is InChI=1S/C15H23NO3/c1-15(2,12-17)16(3)14(18)10-7-11-19-13-8-5-4-6-9-13/h4-6,8-9,17H,7,10-12H2,1-3H3. The molecule has 0 unspecified atom stereocenters. The van der Waals surface area contributed by atoms with E-state index in [1.807, 2.05) is 44.2 Å². The SMILES string of the molecule is CN(C(=O)CCCOc1ccccc1)C(C)(C)CO. The molecule has 0 saturated heterocycles. The quantitative estimate of drug-likeness (QED) is 0.768. The Balaban J connectivity index is 2.28. The number of rotatable bonds is 7. The van der Waals surface area contributed by atoms with Crippen molar-refractivity contribution in [3.63, 3.8) is 0 Å². The van der Waals surface area contributed by atoms with Gasteiger partial charge >= 0.3 is 0 Å². The van der Waals surface area contributed by atoms with Crippen LogP contribution in [0.2, 0.25) is 0 Å². The zero-order valence-corrected chi connectivity index (χ0v) is 11.9. The molecule has 19 heavy (non-hydrogen) atoms. The average Bonchev–Trinajstić information content (AvgIpc) is 2.43. The van der Waals surface area contributed by atoms with E-state index in [1.165, 1.54) is 0 Å². The average molecular weight is 265 g/mol. The van der Waals surface area contributed by atoms with Crippen LogP contribution in [0.3, 0.4) is 0 Å². The summed E-state index contributed by atoms with van der Waals surface area (Å²) < 4.78 is 5.53. The highest BCUT2D eigenvalue weighted by molar-refractivity contribution is 5.76. The second-order valence-electron chi connectivity index (χ2n) is 5.19. The van der Waals surface area contributed by atoms with Crippen molar-refractivity contribution in [2.24, 2.45) is 0 Å². The van der Waals surface area contributed by atoms with Gasteiger partial charge in [-0.25, -0.2) is 0 Å². The lowest BCUT2D eigenvalue weighted by Gasteiger charge is -2.34. The lowest BCUT2D eigenvalue weighted by molar-refractivity contribution is -0.136. The van der Waals surface area contributed by atoms with Crippen molar-refractivity contribution in [1.29, 1.82) is 0 Å². The molecule has 106 valence electrons. The Morgan fingerprint density at radius 3 is 2.53 bits per heavy atom. The molecule has 0 atom stereocenters. The van der Waals surface area contributed by atoms with Crippen molar-refractivity contribution in [2.45, 2.75) is 32.2 Å². The van der Waals surface area contributed by atoms with Gasteiger partial charge < -0.3 is 14.7 Å². The number of hydrogen-bond donors (Lipinski definition) is 1. The van der Waals surface area contributed by atoms with Crippen molar-refractivity contribution in [3.8, 4) is 5.75 Å². The first-order chi connectivity index (χ1) is 8.97. The molecule has 1 N–H and O–H groups in total. The summed E-state index contributed by atoms with van der Waals surface area (Å²) in [6, 6.07) is 9.55. The van der Waals surface area contributed by atoms with E-state index in [2.05, 4.69) is 0 Å². The molecule has 1 rings (SSSR count). The molecule has 0 radical (unpaired) electrons. The van der Waals surface area contributed by atoms with Gasteiger partial charge in [-0.15, -0.1) is 0 Å². The normalized spacial score (nSPS) is 11.2. The van der Waals surface area contributed by atoms with Crippen LogP contribution in [0.4, 0.5) is 0 Å². The molecule has 0 bridgehead atoms. The molecule has 4 heteroatoms. The lowest BCUT2D eigenvalue weighted by atomic mass is 10.0. The largest absolute Gasteiger partial charge is 0.494 e. The fourth-order valence-corrected chi connectivity index (χ4v) is 1.54. The van der Waals surface area contributed by atoms with Gasteiger partial charge in [0.2, 0.25) is 5.91 Å². The van der Waals surface area contributed by atoms with E-state index in [0.717, 1.165) is 5.75 Å². The second kappa shape index (κ2) is 7.14. The molecule has 0 aliphatic rings. The summed E-state index contributed by atoms with van der Waals surface area (Å²) in [6.07, 6.45) is 1.09. The predicted octanol–water partition coefficient (Wildman–Crippen LogP) is 2.07. The van der Waals surface area contributed by atoms with Crippen LogP contribution in [0.25, 0.3) is 0 Å². The Morgan fingerprint density at radius 2 is 1.95 bits per heavy atom. The number of aliphatic hydroxyl groups excluding tert-OH is 1. The van der Waals surface area contributed by atoms with Crippen LogP contribution in [0, 0.1) is 0 Å². The van der Waals surface area contributed by atoms with Crippen LogP contribution in [0.1, 0.15) is 26.7 Å². The third-order valence-corrected chi connectivity index (χ3v) is 3.22. The summed E-state index contributed by atoms with van der Waals surface area (Å²) in [5, 5.41) is 9.22. The van der Waals surface area contributed by atoms with E-state index in [-0.39, 0.29) is 12.5 Å². The van der Waals surface area contributed by atoms with E-state index in [1.54, 1.807) is 11.9 Å². The highest BCUT2D eigenvalue weighted by Gasteiger charge is 2.26. The zero-order chi connectivity index (χ0) is 14.3. The fourth-order valence-electron chi connectivity index (χ4n) is 1.54. The van der Waals surface area contributed by atoms with Gasteiger partial charge in [-0.05, 0) is 32.4 Å². The Hall–Kier alpha value is -1.55. The minimum Gasteiger partial charge on any atom is -0.494 e. The number of aliphatic hydroxyl groups is 1. The number of carbonyl (C=O) groups excluding carboxylic acids is 1. The Labute approximate surface area is 115 Å². The second-order valence-corrected chi connectivity index (χ2v) is 5.19. The van der Waals surface area contributed by atoms with Crippen molar-refractivity contribution < 1.29 is 14.6 Å². The topological polar surface area (TPSA) is 49.8 Å². The molecule has 0 spiro atoms. The van der Waals surface area contributed by atoms with Crippen molar-refractivity contribution in [3.05, 3.63) is 30.3 Å². The molecule has 1 aromatic carbocycles. The Morgan fingerprint density at radius 1 is 1.32 bits per heavy atom. The van der Waals surface area contributed by atoms with E-state index < -0.39 is 5.54 Å². The molecular weight excluding hydrogens is 242 g/mol. The lowest BCUT2D eigenvalue weighted by Crippen LogP contribution is -2.47. The van der Waals surface area contributed by atoms with E-state index in [4.69, 9.17) is 4.74 Å². The van der Waals surface area contributed by atoms with Gasteiger partial charge in [0, 0.05) is 13.5 Å². The number of hydrogen-bond acceptors (Lipinski definition) is 3. The van der Waals surface area contributed by atoms with Crippen LogP contribution in [0.15, 0.2) is 30.3 Å². The molecule has 0 fully saturated rings. The highest BCUT2D eigenvalue weighted by atomic mass is 16.5. The summed E-state index contributed by atoms with van der Waals surface area (Å²) in [7, 11) is 1.72. The molecule has 0 aromatic heterocycles. The maximum absolute atomic E-state index is 11.9. The number of amides is 1. The number of nitrogens with zero attached hydrogens (tertiary/aromatic N) is 1. The molecule has 1 aromatic rings. The van der Waals surface area contributed by atoms with Gasteiger partial charge in [-0.3, -0.25) is 4.79 Å². The molecule has 0 aliphatic carbocycles. The molecule has 4 nitrogen and oxygen atoms in total. The molecule has 1 amide bonds. The van der Waals surface area contributed by atoms with E-state index >= 15 is 0 Å². The molecular formula is C15H23NO3. The maximum Gasteiger partial charge on any atom is 0.222 e. The minimum absolute atomic E-state index is 0.0238. The monoisotopic (exact) mass is 265 g/mol. The summed E-state index contributed by atoms with van der Waals surface area (Å²) in [6.45, 7) is 4.15. The highest BCUT2D eigenvalue weighted by Crippen LogP contribution is 2.13. The minimum atomic E-state index is -0.516. The number of para-hydroxylation sites is 1. The number of ether oxygens (including phenoxy) is 1. The number of benzene rings is 1. The molecule has 0 saturated carbocycles. The van der Waals surface area contributed by atoms with E-state index in [9.17, 15) is 9.90 Å². The third-order valence-electron chi connectivity index (χ3n) is 3.22. The first-order valence-corrected chi connectivity index (χ1v) is 6.53. The van der Waals surface area contributed by atoms with Crippen molar-refractivity contribution >= 4 is 5.91 Å². The number of likely N-dealkylation sites (N-methyl/N-ethyl adjacent to an activating group) is 1. The summed E-state index contributed by atoms with van der Waals surface area (Å²) in [5.74, 6) is 0.842. The van der Waals surface area contributed by atoms with Crippen LogP contribution < -0.4 is 4.74 Å². The molecule has 0 heterocycles. The first kappa shape index (κ1) is 15.5. The van der Waals surface area contributed by atoms with E-state index in [0.29, 0.717) is 19.4 Å². The van der Waals surface area contributed by atoms with Crippen molar-refractivity contribution in [2.75, 3.05) is 20.3 Å². The van der Waals surface area contributed by atoms with Crippen LogP contribution >= 0.6 is 0 Å². The maximum atomic E-state index is 11.9. The van der Waals surface area contributed by atoms with Crippen LogP contribution in [-0.4, -0.2) is 41.7 Å². The van der Waals surface area contributed by atoms with Crippen molar-refractivity contribution in [1.82, 2.24) is 4.90 Å². The zero-order valence-electron chi connectivity index (χ0n) is 11.9. The summed E-state index contributed by atoms with van der Waals surface area (Å²) in [5.41, 5.74) is -0.516. The smallest absolute Gasteiger partial charge is 0.222 e. The third kappa shape index (κ3) is 4.91. The Kier molecular flexibility index (Phi) is 5.83. The van der Waals surface area contributed by atoms with Gasteiger partial charge in [0.15, 0.2) is 0 Å². The predicted molar refractivity (Wildman–Crippen MR) is 75.1 cm³/mol. The van der Waals surface area contributed by atoms with Gasteiger partial charge in [0.1, 0.15) is 5.75 Å². The number of carbonyl (C=O) groups is 1. The van der Waals surface area contributed by atoms with Gasteiger partial charge in [0.25, 0.3) is 0 Å². The fraction of sp³-hybridized carbons (Fsp3) is 0.533.